The molecule has 2 atom stereocenters. The van der Waals surface area contributed by atoms with Gasteiger partial charge in [0.1, 0.15) is 17.9 Å². The van der Waals surface area contributed by atoms with Gasteiger partial charge in [-0.15, -0.1) is 0 Å². The van der Waals surface area contributed by atoms with Crippen LogP contribution < -0.4 is 20.9 Å². The second-order valence-corrected chi connectivity index (χ2v) is 11.2. The number of likely N-dealkylation sites (tertiary alicyclic amines) is 1. The van der Waals surface area contributed by atoms with E-state index in [0.717, 1.165) is 22.3 Å². The number of nitrogens with zero attached hydrogens (tertiary/aromatic N) is 1. The molecule has 210 valence electrons. The van der Waals surface area contributed by atoms with Crippen molar-refractivity contribution in [3.8, 4) is 0 Å². The molecule has 10 nitrogen and oxygen atoms in total. The summed E-state index contributed by atoms with van der Waals surface area (Å²) < 4.78 is 27.0. The van der Waals surface area contributed by atoms with Crippen LogP contribution in [-0.4, -0.2) is 49.6 Å². The lowest BCUT2D eigenvalue weighted by Gasteiger charge is -2.33. The number of carbonyl (C=O) groups excluding carboxylic acids is 2. The van der Waals surface area contributed by atoms with E-state index in [2.05, 4.69) is 10.0 Å². The Bertz CT molecular complexity index is 1440. The van der Waals surface area contributed by atoms with Crippen LogP contribution in [0.3, 0.4) is 0 Å². The van der Waals surface area contributed by atoms with Crippen molar-refractivity contribution in [2.45, 2.75) is 44.3 Å². The molecule has 11 heteroatoms. The molecule has 7 N–H and O–H groups in total. The van der Waals surface area contributed by atoms with Gasteiger partial charge in [-0.05, 0) is 42.0 Å². The van der Waals surface area contributed by atoms with Crippen LogP contribution in [0.2, 0.25) is 0 Å². The van der Waals surface area contributed by atoms with Crippen molar-refractivity contribution < 1.29 is 18.0 Å². The summed E-state index contributed by atoms with van der Waals surface area (Å²) in [5.74, 6) is -1.56. The van der Waals surface area contributed by atoms with E-state index in [1.807, 2.05) is 73.7 Å². The van der Waals surface area contributed by atoms with Gasteiger partial charge in [-0.25, -0.2) is 5.14 Å². The van der Waals surface area contributed by atoms with Gasteiger partial charge in [0.25, 0.3) is 10.2 Å². The van der Waals surface area contributed by atoms with E-state index in [4.69, 9.17) is 16.3 Å². The van der Waals surface area contributed by atoms with E-state index in [-0.39, 0.29) is 18.3 Å². The topological polar surface area (TPSA) is 171 Å². The fraction of sp³-hybridized carbons (Fsp3) is 0.276. The van der Waals surface area contributed by atoms with Gasteiger partial charge in [0, 0.05) is 24.6 Å². The van der Waals surface area contributed by atoms with Gasteiger partial charge >= 0.3 is 0 Å². The van der Waals surface area contributed by atoms with Gasteiger partial charge in [-0.1, -0.05) is 78.9 Å². The van der Waals surface area contributed by atoms with Crippen LogP contribution in [0.4, 0.5) is 0 Å². The van der Waals surface area contributed by atoms with Crippen molar-refractivity contribution in [2.75, 3.05) is 6.54 Å². The average Bonchev–Trinajstić information content (AvgIpc) is 3.41. The minimum absolute atomic E-state index is 0.0276. The highest BCUT2D eigenvalue weighted by Crippen LogP contribution is 2.31. The first-order valence-corrected chi connectivity index (χ1v) is 14.5. The van der Waals surface area contributed by atoms with Crippen LogP contribution in [0.5, 0.6) is 0 Å². The number of amides is 2. The Hall–Kier alpha value is -4.06. The normalized spacial score (nSPS) is 16.1. The molecule has 1 heterocycles. The summed E-state index contributed by atoms with van der Waals surface area (Å²) in [5.41, 5.74) is 9.33. The maximum Gasteiger partial charge on any atom is 0.275 e. The molecule has 3 aromatic rings. The smallest absolute Gasteiger partial charge is 0.275 e. The van der Waals surface area contributed by atoms with Gasteiger partial charge in [0.2, 0.25) is 11.8 Å². The molecule has 0 bridgehead atoms. The molecule has 0 radical (unpaired) electrons. The second kappa shape index (κ2) is 12.4. The molecule has 1 aliphatic rings. The molecule has 1 saturated heterocycles. The van der Waals surface area contributed by atoms with Gasteiger partial charge in [0.05, 0.1) is 0 Å². The second-order valence-electron chi connectivity index (χ2n) is 9.91. The number of benzene rings is 3. The maximum absolute atomic E-state index is 14.1. The Morgan fingerprint density at radius 1 is 1.02 bits per heavy atom. The van der Waals surface area contributed by atoms with Crippen molar-refractivity contribution >= 4 is 27.9 Å². The van der Waals surface area contributed by atoms with E-state index in [9.17, 15) is 18.0 Å². The van der Waals surface area contributed by atoms with E-state index >= 15 is 0 Å². The van der Waals surface area contributed by atoms with Crippen LogP contribution >= 0.6 is 0 Å². The third-order valence-corrected chi connectivity index (χ3v) is 7.68. The fourth-order valence-corrected chi connectivity index (χ4v) is 5.85. The lowest BCUT2D eigenvalue weighted by molar-refractivity contribution is -0.140. The summed E-state index contributed by atoms with van der Waals surface area (Å²) >= 11 is 0. The molecule has 0 saturated carbocycles. The van der Waals surface area contributed by atoms with E-state index in [1.54, 1.807) is 12.1 Å². The monoisotopic (exact) mass is 562 g/mol. The lowest BCUT2D eigenvalue weighted by atomic mass is 9.84. The SMILES string of the molecule is Cc1cc(CNC(=O)[C@@H]2CCCN2C(=O)C(NS(N)(=O)=O)C(c2ccccc2)c2ccccc2)ccc1C(=N)N. The zero-order valence-corrected chi connectivity index (χ0v) is 23.0. The number of aryl methyl sites for hydroxylation is 1. The highest BCUT2D eigenvalue weighted by atomic mass is 32.2. The van der Waals surface area contributed by atoms with Crippen LogP contribution in [0.25, 0.3) is 0 Å². The molecule has 1 aliphatic heterocycles. The first kappa shape index (κ1) is 28.9. The molecule has 2 amide bonds. The van der Waals surface area contributed by atoms with E-state index in [0.29, 0.717) is 24.9 Å². The van der Waals surface area contributed by atoms with Crippen LogP contribution in [0.15, 0.2) is 78.9 Å². The van der Waals surface area contributed by atoms with Gasteiger partial charge in [0.15, 0.2) is 0 Å². The van der Waals surface area contributed by atoms with Crippen LogP contribution in [0, 0.1) is 12.3 Å². The van der Waals surface area contributed by atoms with Crippen molar-refractivity contribution in [2.24, 2.45) is 10.9 Å². The number of rotatable bonds is 10. The molecular weight excluding hydrogens is 528 g/mol. The number of nitrogens with two attached hydrogens (primary N) is 2. The molecule has 0 aliphatic carbocycles. The summed E-state index contributed by atoms with van der Waals surface area (Å²) in [6.07, 6.45) is 1.04. The van der Waals surface area contributed by atoms with E-state index < -0.39 is 34.1 Å². The van der Waals surface area contributed by atoms with Gasteiger partial charge in [-0.2, -0.15) is 13.1 Å². The van der Waals surface area contributed by atoms with E-state index in [1.165, 1.54) is 4.90 Å². The first-order chi connectivity index (χ1) is 19.0. The quantitative estimate of drug-likeness (QED) is 0.187. The largest absolute Gasteiger partial charge is 0.384 e. The molecule has 4 rings (SSSR count). The number of nitrogen functional groups attached to an aromatic ring is 1. The summed E-state index contributed by atoms with van der Waals surface area (Å²) in [7, 11) is -4.28. The predicted octanol–water partition coefficient (Wildman–Crippen LogP) is 1.88. The number of nitrogens with one attached hydrogen (secondary N) is 3. The molecule has 1 fully saturated rings. The third-order valence-electron chi connectivity index (χ3n) is 7.09. The van der Waals surface area contributed by atoms with Gasteiger partial charge < -0.3 is 16.0 Å². The average molecular weight is 563 g/mol. The Labute approximate surface area is 234 Å². The van der Waals surface area contributed by atoms with Crippen LogP contribution in [0.1, 0.15) is 46.6 Å². The van der Waals surface area contributed by atoms with Crippen molar-refractivity contribution in [1.82, 2.24) is 14.9 Å². The summed E-state index contributed by atoms with van der Waals surface area (Å²) in [4.78, 5) is 28.8. The molecule has 0 aromatic heterocycles. The minimum atomic E-state index is -4.28. The molecule has 1 unspecified atom stereocenters. The number of carbonyl (C=O) groups is 2. The Morgan fingerprint density at radius 3 is 2.15 bits per heavy atom. The summed E-state index contributed by atoms with van der Waals surface area (Å²) in [6, 6.07) is 21.6. The zero-order valence-electron chi connectivity index (χ0n) is 22.2. The zero-order chi connectivity index (χ0) is 28.9. The molecule has 0 spiro atoms. The molecule has 40 heavy (non-hydrogen) atoms. The first-order valence-electron chi connectivity index (χ1n) is 13.0. The predicted molar refractivity (Wildman–Crippen MR) is 154 cm³/mol. The third kappa shape index (κ3) is 6.92. The molecule has 3 aromatic carbocycles. The van der Waals surface area contributed by atoms with Crippen LogP contribution in [-0.2, 0) is 26.3 Å². The number of hydrogen-bond acceptors (Lipinski definition) is 5. The van der Waals surface area contributed by atoms with Crippen molar-refractivity contribution in [3.63, 3.8) is 0 Å². The van der Waals surface area contributed by atoms with Crippen molar-refractivity contribution in [1.29, 1.82) is 5.41 Å². The Morgan fingerprint density at radius 2 is 1.62 bits per heavy atom. The van der Waals surface area contributed by atoms with Gasteiger partial charge in [-0.3, -0.25) is 15.0 Å². The fourth-order valence-electron chi connectivity index (χ4n) is 5.26. The Kier molecular flexibility index (Phi) is 8.98. The number of hydrogen-bond donors (Lipinski definition) is 5. The summed E-state index contributed by atoms with van der Waals surface area (Å²) in [5, 5.41) is 15.9. The molecular formula is C29H34N6O4S. The van der Waals surface area contributed by atoms with Crippen molar-refractivity contribution in [3.05, 3.63) is 107 Å². The highest BCUT2D eigenvalue weighted by Gasteiger charge is 2.42. The highest BCUT2D eigenvalue weighted by molar-refractivity contribution is 7.87. The Balaban J connectivity index is 1.59. The summed E-state index contributed by atoms with van der Waals surface area (Å²) in [6.45, 7) is 2.38. The standard InChI is InChI=1S/C29H34N6O4S/c1-19-17-20(14-15-23(19)27(30)31)18-33-28(36)24-13-8-16-35(24)29(37)26(34-40(32,38)39)25(21-9-4-2-5-10-21)22-11-6-3-7-12-22/h2-7,9-12,14-15,17,24-26,34H,8,13,16,18H2,1H3,(H3,30,31)(H,33,36)(H2,32,38,39)/t24-,26?/m0/s1. The maximum atomic E-state index is 14.1. The number of amidine groups is 1. The minimum Gasteiger partial charge on any atom is -0.384 e. The lowest BCUT2D eigenvalue weighted by Crippen LogP contribution is -2.56.